The number of hydrogen-bond acceptors (Lipinski definition) is 3. The molecule has 118 valence electrons. The van der Waals surface area contributed by atoms with E-state index >= 15 is 0 Å². The molecule has 0 bridgehead atoms. The van der Waals surface area contributed by atoms with Gasteiger partial charge in [0.15, 0.2) is 0 Å². The van der Waals surface area contributed by atoms with Gasteiger partial charge in [-0.15, -0.1) is 11.3 Å². The molecule has 6 heteroatoms. The second kappa shape index (κ2) is 8.02. The van der Waals surface area contributed by atoms with Crippen molar-refractivity contribution in [2.75, 3.05) is 13.1 Å². The van der Waals surface area contributed by atoms with Crippen LogP contribution in [0.5, 0.6) is 0 Å². The summed E-state index contributed by atoms with van der Waals surface area (Å²) in [5.74, 6) is -0.860. The van der Waals surface area contributed by atoms with Crippen molar-refractivity contribution in [1.82, 2.24) is 10.6 Å². The van der Waals surface area contributed by atoms with E-state index in [1.807, 2.05) is 18.4 Å². The molecule has 1 atom stereocenters. The number of carboxylic acids is 1. The molecule has 0 aliphatic carbocycles. The molecule has 0 aliphatic rings. The van der Waals surface area contributed by atoms with Gasteiger partial charge in [-0.1, -0.05) is 33.3 Å². The fraction of sp³-hybridized carbons (Fsp3) is 0.600. The number of thiophene rings is 1. The van der Waals surface area contributed by atoms with Gasteiger partial charge < -0.3 is 15.7 Å². The lowest BCUT2D eigenvalue weighted by molar-refractivity contribution is -0.138. The predicted molar refractivity (Wildman–Crippen MR) is 84.8 cm³/mol. The van der Waals surface area contributed by atoms with E-state index in [9.17, 15) is 9.59 Å². The summed E-state index contributed by atoms with van der Waals surface area (Å²) in [6.07, 6.45) is 0.810. The third-order valence-electron chi connectivity index (χ3n) is 3.47. The lowest BCUT2D eigenvalue weighted by Gasteiger charge is -2.24. The van der Waals surface area contributed by atoms with Crippen LogP contribution >= 0.6 is 11.3 Å². The molecule has 0 saturated heterocycles. The summed E-state index contributed by atoms with van der Waals surface area (Å²) in [5.41, 5.74) is -0.114. The van der Waals surface area contributed by atoms with E-state index in [1.165, 1.54) is 4.88 Å². The number of carbonyl (C=O) groups excluding carboxylic acids is 1. The summed E-state index contributed by atoms with van der Waals surface area (Å²) in [6.45, 7) is 7.01. The molecule has 0 fully saturated rings. The summed E-state index contributed by atoms with van der Waals surface area (Å²) in [6, 6.07) is 3.81. The van der Waals surface area contributed by atoms with Crippen LogP contribution in [0.1, 0.15) is 38.5 Å². The third-order valence-corrected chi connectivity index (χ3v) is 4.71. The molecule has 1 unspecified atom stereocenters. The summed E-state index contributed by atoms with van der Waals surface area (Å²) in [7, 11) is 0. The second-order valence-corrected chi connectivity index (χ2v) is 6.74. The monoisotopic (exact) mass is 312 g/mol. The van der Waals surface area contributed by atoms with Crippen molar-refractivity contribution in [1.29, 1.82) is 0 Å². The van der Waals surface area contributed by atoms with Gasteiger partial charge in [0.25, 0.3) is 0 Å². The molecule has 0 aliphatic heterocycles. The van der Waals surface area contributed by atoms with Crippen molar-refractivity contribution in [3.05, 3.63) is 22.4 Å². The molecule has 1 aromatic heterocycles. The average Bonchev–Trinajstić information content (AvgIpc) is 2.95. The highest BCUT2D eigenvalue weighted by molar-refractivity contribution is 7.10. The molecule has 2 amide bonds. The zero-order valence-electron chi connectivity index (χ0n) is 12.8. The van der Waals surface area contributed by atoms with Gasteiger partial charge in [-0.05, 0) is 17.4 Å². The minimum Gasteiger partial charge on any atom is -0.481 e. The minimum atomic E-state index is -0.831. The van der Waals surface area contributed by atoms with E-state index in [-0.39, 0.29) is 23.8 Å². The zero-order valence-corrected chi connectivity index (χ0v) is 13.6. The van der Waals surface area contributed by atoms with Crippen molar-refractivity contribution in [3.63, 3.8) is 0 Å². The normalized spacial score (nSPS) is 12.7. The van der Waals surface area contributed by atoms with Crippen LogP contribution in [0.4, 0.5) is 4.79 Å². The van der Waals surface area contributed by atoms with Crippen LogP contribution in [-0.4, -0.2) is 30.2 Å². The Hall–Kier alpha value is -1.56. The number of carbonyl (C=O) groups is 2. The van der Waals surface area contributed by atoms with Crippen molar-refractivity contribution in [3.8, 4) is 0 Å². The standard InChI is InChI=1S/C15H24N2O3S/c1-4-11(8-13(18)19)9-16-14(20)17-10-15(2,3)12-6-5-7-21-12/h5-7,11H,4,8-10H2,1-3H3,(H,18,19)(H2,16,17,20). The van der Waals surface area contributed by atoms with Crippen LogP contribution in [0.15, 0.2) is 17.5 Å². The summed E-state index contributed by atoms with van der Waals surface area (Å²) >= 11 is 1.67. The molecule has 0 radical (unpaired) electrons. The smallest absolute Gasteiger partial charge is 0.314 e. The topological polar surface area (TPSA) is 78.4 Å². The maximum atomic E-state index is 11.8. The van der Waals surface area contributed by atoms with Crippen LogP contribution in [-0.2, 0) is 10.2 Å². The van der Waals surface area contributed by atoms with E-state index in [1.54, 1.807) is 11.3 Å². The zero-order chi connectivity index (χ0) is 15.9. The van der Waals surface area contributed by atoms with Gasteiger partial charge in [0.2, 0.25) is 0 Å². The van der Waals surface area contributed by atoms with E-state index in [0.717, 1.165) is 6.42 Å². The fourth-order valence-corrected chi connectivity index (χ4v) is 2.81. The molecule has 3 N–H and O–H groups in total. The molecule has 1 rings (SSSR count). The third kappa shape index (κ3) is 6.16. The predicted octanol–water partition coefficient (Wildman–Crippen LogP) is 2.83. The number of nitrogens with one attached hydrogen (secondary N) is 2. The Morgan fingerprint density at radius 2 is 2.10 bits per heavy atom. The maximum Gasteiger partial charge on any atom is 0.314 e. The molecule has 0 spiro atoms. The van der Waals surface area contributed by atoms with Gasteiger partial charge in [0.05, 0.1) is 0 Å². The van der Waals surface area contributed by atoms with Gasteiger partial charge in [0, 0.05) is 29.8 Å². The molecule has 5 nitrogen and oxygen atoms in total. The van der Waals surface area contributed by atoms with E-state index in [0.29, 0.717) is 13.1 Å². The second-order valence-electron chi connectivity index (χ2n) is 5.80. The highest BCUT2D eigenvalue weighted by Crippen LogP contribution is 2.26. The Balaban J connectivity index is 2.35. The largest absolute Gasteiger partial charge is 0.481 e. The van der Waals surface area contributed by atoms with Crippen LogP contribution in [0.3, 0.4) is 0 Å². The van der Waals surface area contributed by atoms with Crippen LogP contribution in [0.2, 0.25) is 0 Å². The first-order chi connectivity index (χ1) is 9.85. The molecule has 0 aromatic carbocycles. The minimum absolute atomic E-state index is 0.0291. The van der Waals surface area contributed by atoms with Gasteiger partial charge in [0.1, 0.15) is 0 Å². The van der Waals surface area contributed by atoms with Crippen LogP contribution in [0.25, 0.3) is 0 Å². The van der Waals surface area contributed by atoms with Gasteiger partial charge >= 0.3 is 12.0 Å². The van der Waals surface area contributed by atoms with E-state index in [2.05, 4.69) is 30.5 Å². The number of hydrogen-bond donors (Lipinski definition) is 3. The van der Waals surface area contributed by atoms with Crippen molar-refractivity contribution in [2.45, 2.75) is 39.0 Å². The van der Waals surface area contributed by atoms with Gasteiger partial charge in [-0.2, -0.15) is 0 Å². The summed E-state index contributed by atoms with van der Waals surface area (Å²) < 4.78 is 0. The average molecular weight is 312 g/mol. The molecular formula is C15H24N2O3S. The summed E-state index contributed by atoms with van der Waals surface area (Å²) in [4.78, 5) is 23.7. The first-order valence-corrected chi connectivity index (χ1v) is 8.00. The lowest BCUT2D eigenvalue weighted by atomic mass is 9.91. The lowest BCUT2D eigenvalue weighted by Crippen LogP contribution is -2.43. The Morgan fingerprint density at radius 3 is 2.62 bits per heavy atom. The Morgan fingerprint density at radius 1 is 1.38 bits per heavy atom. The number of rotatable bonds is 8. The summed E-state index contributed by atoms with van der Waals surface area (Å²) in [5, 5.41) is 16.4. The van der Waals surface area contributed by atoms with Crippen molar-refractivity contribution in [2.24, 2.45) is 5.92 Å². The molecule has 0 saturated carbocycles. The molecular weight excluding hydrogens is 288 g/mol. The van der Waals surface area contributed by atoms with E-state index < -0.39 is 5.97 Å². The SMILES string of the molecule is CCC(CNC(=O)NCC(C)(C)c1cccs1)CC(=O)O. The van der Waals surface area contributed by atoms with Gasteiger partial charge in [-0.25, -0.2) is 4.79 Å². The number of urea groups is 1. The highest BCUT2D eigenvalue weighted by atomic mass is 32.1. The number of carboxylic acid groups (broad SMARTS) is 1. The van der Waals surface area contributed by atoms with E-state index in [4.69, 9.17) is 5.11 Å². The molecule has 1 heterocycles. The van der Waals surface area contributed by atoms with Gasteiger partial charge in [-0.3, -0.25) is 4.79 Å². The van der Waals surface area contributed by atoms with Crippen molar-refractivity contribution >= 4 is 23.3 Å². The first kappa shape index (κ1) is 17.5. The molecule has 21 heavy (non-hydrogen) atoms. The maximum absolute atomic E-state index is 11.8. The van der Waals surface area contributed by atoms with Crippen LogP contribution in [0, 0.1) is 5.92 Å². The molecule has 1 aromatic rings. The Kier molecular flexibility index (Phi) is 6.68. The van der Waals surface area contributed by atoms with Crippen molar-refractivity contribution < 1.29 is 14.7 Å². The highest BCUT2D eigenvalue weighted by Gasteiger charge is 2.22. The quantitative estimate of drug-likeness (QED) is 0.690. The fourth-order valence-electron chi connectivity index (χ4n) is 1.96. The Labute approximate surface area is 129 Å². The van der Waals surface area contributed by atoms with Crippen LogP contribution < -0.4 is 10.6 Å². The first-order valence-electron chi connectivity index (χ1n) is 7.12. The number of amides is 2. The number of aliphatic carboxylic acids is 1. The Bertz CT molecular complexity index is 457.